The molecule has 0 aliphatic rings. The highest BCUT2D eigenvalue weighted by Gasteiger charge is 2.21. The van der Waals surface area contributed by atoms with Crippen LogP contribution in [0.25, 0.3) is 44.3 Å². The van der Waals surface area contributed by atoms with Gasteiger partial charge in [-0.15, -0.1) is 0 Å². The van der Waals surface area contributed by atoms with Crippen molar-refractivity contribution in [2.75, 3.05) is 0 Å². The van der Waals surface area contributed by atoms with Crippen molar-refractivity contribution >= 4 is 33.6 Å². The number of carbonyl (C=O) groups excluding carboxylic acids is 2. The summed E-state index contributed by atoms with van der Waals surface area (Å²) in [4.78, 5) is 38.2. The Bertz CT molecular complexity index is 2080. The number of fused-ring (bicyclic) bond motifs is 2. The van der Waals surface area contributed by atoms with Crippen molar-refractivity contribution in [1.29, 1.82) is 0 Å². The van der Waals surface area contributed by atoms with Gasteiger partial charge in [0.15, 0.2) is 0 Å². The Balaban J connectivity index is 1.41. The van der Waals surface area contributed by atoms with E-state index < -0.39 is 0 Å². The standard InChI is InChI=1S/C42H34N4O2/c1-27(29-15-7-3-8-16-29)43-41(47)35-24-37(31-19-11-5-12-20-31)45-39-26-40-34(23-33(35)39)36(25-38(46-40)32-21-13-6-14-22-32)42(48)44-28(2)30-17-9-4-10-18-30/h3-28H,1-2H3,(H,43,47)(H,44,48)/t27-,28+. The molecule has 6 heteroatoms. The van der Waals surface area contributed by atoms with E-state index in [-0.39, 0.29) is 23.9 Å². The number of benzene rings is 5. The number of pyridine rings is 2. The maximum Gasteiger partial charge on any atom is 0.252 e. The van der Waals surface area contributed by atoms with Crippen LogP contribution >= 0.6 is 0 Å². The van der Waals surface area contributed by atoms with Crippen LogP contribution in [0, 0.1) is 0 Å². The summed E-state index contributed by atoms with van der Waals surface area (Å²) in [6.07, 6.45) is 0. The van der Waals surface area contributed by atoms with Crippen molar-refractivity contribution in [2.45, 2.75) is 25.9 Å². The Morgan fingerprint density at radius 2 is 0.833 bits per heavy atom. The molecule has 2 N–H and O–H groups in total. The number of hydrogen-bond acceptors (Lipinski definition) is 4. The number of hydrogen-bond donors (Lipinski definition) is 2. The van der Waals surface area contributed by atoms with Crippen molar-refractivity contribution in [3.63, 3.8) is 0 Å². The van der Waals surface area contributed by atoms with Gasteiger partial charge in [0.2, 0.25) is 0 Å². The fraction of sp³-hybridized carbons (Fsp3) is 0.0952. The molecule has 0 aliphatic carbocycles. The van der Waals surface area contributed by atoms with Gasteiger partial charge in [0.1, 0.15) is 0 Å². The molecule has 48 heavy (non-hydrogen) atoms. The Kier molecular flexibility index (Phi) is 8.46. The van der Waals surface area contributed by atoms with E-state index in [9.17, 15) is 9.59 Å². The highest BCUT2D eigenvalue weighted by atomic mass is 16.2. The summed E-state index contributed by atoms with van der Waals surface area (Å²) in [5.74, 6) is -0.458. The van der Waals surface area contributed by atoms with Gasteiger partial charge < -0.3 is 10.6 Å². The van der Waals surface area contributed by atoms with Crippen LogP contribution in [0.15, 0.2) is 146 Å². The molecule has 2 aromatic heterocycles. The molecule has 7 aromatic rings. The molecule has 2 atom stereocenters. The molecular weight excluding hydrogens is 592 g/mol. The third kappa shape index (κ3) is 6.29. The molecule has 0 fully saturated rings. The first-order valence-electron chi connectivity index (χ1n) is 16.1. The minimum absolute atomic E-state index is 0.224. The molecule has 5 aromatic carbocycles. The van der Waals surface area contributed by atoms with Crippen molar-refractivity contribution in [3.8, 4) is 22.5 Å². The van der Waals surface area contributed by atoms with Gasteiger partial charge >= 0.3 is 0 Å². The minimum atomic E-state index is -0.229. The molecule has 0 saturated carbocycles. The maximum absolute atomic E-state index is 14.1. The normalized spacial score (nSPS) is 12.4. The van der Waals surface area contributed by atoms with E-state index in [1.807, 2.05) is 159 Å². The Hall–Kier alpha value is -6.14. The van der Waals surface area contributed by atoms with Crippen LogP contribution < -0.4 is 10.6 Å². The Labute approximate surface area is 279 Å². The van der Waals surface area contributed by atoms with Gasteiger partial charge in [-0.05, 0) is 49.2 Å². The van der Waals surface area contributed by atoms with Gasteiger partial charge in [-0.25, -0.2) is 9.97 Å². The molecule has 2 amide bonds. The predicted molar refractivity (Wildman–Crippen MR) is 193 cm³/mol. The zero-order valence-corrected chi connectivity index (χ0v) is 26.7. The van der Waals surface area contributed by atoms with Crippen LogP contribution in [0.5, 0.6) is 0 Å². The lowest BCUT2D eigenvalue weighted by molar-refractivity contribution is 0.0933. The number of nitrogens with zero attached hydrogens (tertiary/aromatic N) is 2. The zero-order valence-electron chi connectivity index (χ0n) is 26.7. The van der Waals surface area contributed by atoms with E-state index in [1.165, 1.54) is 0 Å². The zero-order chi connectivity index (χ0) is 33.0. The summed E-state index contributed by atoms with van der Waals surface area (Å²) in [6.45, 7) is 3.94. The second-order valence-electron chi connectivity index (χ2n) is 11.9. The fourth-order valence-corrected chi connectivity index (χ4v) is 6.03. The Morgan fingerprint density at radius 3 is 1.21 bits per heavy atom. The van der Waals surface area contributed by atoms with E-state index >= 15 is 0 Å². The summed E-state index contributed by atoms with van der Waals surface area (Å²) >= 11 is 0. The average molecular weight is 627 g/mol. The summed E-state index contributed by atoms with van der Waals surface area (Å²) in [5.41, 5.74) is 7.31. The van der Waals surface area contributed by atoms with Gasteiger partial charge in [-0.1, -0.05) is 121 Å². The van der Waals surface area contributed by atoms with Gasteiger partial charge in [0.25, 0.3) is 11.8 Å². The third-order valence-electron chi connectivity index (χ3n) is 8.66. The van der Waals surface area contributed by atoms with E-state index in [2.05, 4.69) is 10.6 Å². The van der Waals surface area contributed by atoms with Crippen LogP contribution in [0.4, 0.5) is 0 Å². The van der Waals surface area contributed by atoms with Gasteiger partial charge in [0.05, 0.1) is 45.6 Å². The monoisotopic (exact) mass is 626 g/mol. The molecule has 0 radical (unpaired) electrons. The fourth-order valence-electron chi connectivity index (χ4n) is 6.03. The highest BCUT2D eigenvalue weighted by molar-refractivity contribution is 6.14. The molecule has 0 unspecified atom stereocenters. The first kappa shape index (κ1) is 30.5. The van der Waals surface area contributed by atoms with Crippen molar-refractivity contribution < 1.29 is 9.59 Å². The molecule has 6 nitrogen and oxygen atoms in total. The van der Waals surface area contributed by atoms with E-state index in [1.54, 1.807) is 0 Å². The molecule has 0 bridgehead atoms. The van der Waals surface area contributed by atoms with Crippen LogP contribution in [0.1, 0.15) is 57.8 Å². The van der Waals surface area contributed by atoms with Gasteiger partial charge in [-0.2, -0.15) is 0 Å². The van der Waals surface area contributed by atoms with Crippen molar-refractivity contribution in [3.05, 3.63) is 168 Å². The summed E-state index contributed by atoms with van der Waals surface area (Å²) < 4.78 is 0. The van der Waals surface area contributed by atoms with Crippen molar-refractivity contribution in [1.82, 2.24) is 20.6 Å². The van der Waals surface area contributed by atoms with Crippen LogP contribution in [-0.2, 0) is 0 Å². The SMILES string of the molecule is C[C@H](NC(=O)c1cc(-c2ccccc2)nc2cc3nc(-c4ccccc4)cc(C(=O)N[C@H](C)c4ccccc4)c3cc12)c1ccccc1. The number of rotatable bonds is 8. The summed E-state index contributed by atoms with van der Waals surface area (Å²) in [5, 5.41) is 7.64. The largest absolute Gasteiger partial charge is 0.345 e. The lowest BCUT2D eigenvalue weighted by atomic mass is 9.97. The van der Waals surface area contributed by atoms with Crippen LogP contribution in [0.3, 0.4) is 0 Å². The summed E-state index contributed by atoms with van der Waals surface area (Å²) in [6, 6.07) is 46.4. The number of amides is 2. The number of carbonyl (C=O) groups is 2. The molecule has 0 saturated heterocycles. The highest BCUT2D eigenvalue weighted by Crippen LogP contribution is 2.32. The average Bonchev–Trinajstić information content (AvgIpc) is 3.14. The molecule has 0 spiro atoms. The number of nitrogens with one attached hydrogen (secondary N) is 2. The number of aromatic nitrogens is 2. The first-order valence-corrected chi connectivity index (χ1v) is 16.1. The lowest BCUT2D eigenvalue weighted by Crippen LogP contribution is -2.27. The summed E-state index contributed by atoms with van der Waals surface area (Å²) in [7, 11) is 0. The topological polar surface area (TPSA) is 84.0 Å². The van der Waals surface area contributed by atoms with Crippen molar-refractivity contribution in [2.24, 2.45) is 0 Å². The van der Waals surface area contributed by atoms with Gasteiger partial charge in [-0.3, -0.25) is 9.59 Å². The minimum Gasteiger partial charge on any atom is -0.345 e. The molecule has 234 valence electrons. The molecule has 0 aliphatic heterocycles. The van der Waals surface area contributed by atoms with Crippen LogP contribution in [-0.4, -0.2) is 21.8 Å². The maximum atomic E-state index is 14.1. The Morgan fingerprint density at radius 1 is 0.479 bits per heavy atom. The quantitative estimate of drug-likeness (QED) is 0.165. The molecule has 7 rings (SSSR count). The molecular formula is C42H34N4O2. The first-order chi connectivity index (χ1) is 23.4. The second kappa shape index (κ2) is 13.3. The second-order valence-corrected chi connectivity index (χ2v) is 11.9. The van der Waals surface area contributed by atoms with E-state index in [0.29, 0.717) is 44.3 Å². The molecule has 2 heterocycles. The lowest BCUT2D eigenvalue weighted by Gasteiger charge is -2.18. The third-order valence-corrected chi connectivity index (χ3v) is 8.66. The van der Waals surface area contributed by atoms with Gasteiger partial charge in [0, 0.05) is 21.9 Å². The smallest absolute Gasteiger partial charge is 0.252 e. The van der Waals surface area contributed by atoms with E-state index in [4.69, 9.17) is 9.97 Å². The van der Waals surface area contributed by atoms with E-state index in [0.717, 1.165) is 22.3 Å². The predicted octanol–water partition coefficient (Wildman–Crippen LogP) is 9.10. The van der Waals surface area contributed by atoms with Crippen LogP contribution in [0.2, 0.25) is 0 Å².